The molecule has 0 unspecified atom stereocenters. The third kappa shape index (κ3) is 3.19. The van der Waals surface area contributed by atoms with Gasteiger partial charge >= 0.3 is 0 Å². The van der Waals surface area contributed by atoms with E-state index in [2.05, 4.69) is 0 Å². The van der Waals surface area contributed by atoms with E-state index in [4.69, 9.17) is 4.42 Å². The molecular formula is C21H16N2O6. The minimum Gasteiger partial charge on any atom is -0.461 e. The van der Waals surface area contributed by atoms with Gasteiger partial charge in [0.15, 0.2) is 11.4 Å². The summed E-state index contributed by atoms with van der Waals surface area (Å²) in [5.41, 5.74) is -0.582. The van der Waals surface area contributed by atoms with Crippen LogP contribution in [0.2, 0.25) is 0 Å². The highest BCUT2D eigenvalue weighted by molar-refractivity contribution is 6.10. The van der Waals surface area contributed by atoms with Crippen LogP contribution in [0, 0.1) is 10.1 Å². The van der Waals surface area contributed by atoms with Crippen molar-refractivity contribution in [2.24, 2.45) is 0 Å². The van der Waals surface area contributed by atoms with E-state index in [0.29, 0.717) is 16.8 Å². The number of nitrogens with zero attached hydrogens (tertiary/aromatic N) is 2. The highest BCUT2D eigenvalue weighted by atomic mass is 16.6. The van der Waals surface area contributed by atoms with Gasteiger partial charge in [-0.2, -0.15) is 0 Å². The molecular weight excluding hydrogens is 376 g/mol. The Morgan fingerprint density at radius 1 is 1.10 bits per heavy atom. The molecule has 146 valence electrons. The molecule has 1 aliphatic rings. The first-order valence-electron chi connectivity index (χ1n) is 8.84. The molecule has 0 radical (unpaired) electrons. The highest BCUT2D eigenvalue weighted by Gasteiger charge is 2.51. The summed E-state index contributed by atoms with van der Waals surface area (Å²) < 4.78 is 5.09. The van der Waals surface area contributed by atoms with E-state index >= 15 is 0 Å². The maximum absolute atomic E-state index is 13.2. The Kier molecular flexibility index (Phi) is 4.48. The van der Waals surface area contributed by atoms with Crippen molar-refractivity contribution in [3.8, 4) is 0 Å². The lowest BCUT2D eigenvalue weighted by molar-refractivity contribution is -0.384. The quantitative estimate of drug-likeness (QED) is 0.391. The van der Waals surface area contributed by atoms with Crippen LogP contribution in [0.4, 0.5) is 11.4 Å². The molecule has 1 aromatic heterocycles. The average molecular weight is 392 g/mol. The first-order chi connectivity index (χ1) is 13.9. The number of benzene rings is 2. The van der Waals surface area contributed by atoms with Crippen LogP contribution in [0.25, 0.3) is 0 Å². The number of aliphatic hydroxyl groups is 1. The predicted octanol–water partition coefficient (Wildman–Crippen LogP) is 3.20. The topological polar surface area (TPSA) is 114 Å². The Morgan fingerprint density at radius 2 is 1.83 bits per heavy atom. The summed E-state index contributed by atoms with van der Waals surface area (Å²) in [5.74, 6) is -1.05. The van der Waals surface area contributed by atoms with Gasteiger partial charge in [-0.1, -0.05) is 30.3 Å². The van der Waals surface area contributed by atoms with Crippen LogP contribution in [0.3, 0.4) is 0 Å². The standard InChI is InChI=1S/C21H16N2O6/c24-18(19-6-3-11-29-19)12-21(26)16-4-1-2-5-17(16)22(20(21)25)13-14-7-9-15(10-8-14)23(27)28/h1-11,26H,12-13H2/t21-/m1/s1. The molecule has 1 aliphatic heterocycles. The number of anilines is 1. The van der Waals surface area contributed by atoms with Gasteiger partial charge in [0.25, 0.3) is 11.6 Å². The maximum atomic E-state index is 13.2. The molecule has 0 saturated carbocycles. The van der Waals surface area contributed by atoms with Crippen molar-refractivity contribution in [1.82, 2.24) is 0 Å². The van der Waals surface area contributed by atoms with Gasteiger partial charge in [-0.05, 0) is 23.8 Å². The van der Waals surface area contributed by atoms with Crippen molar-refractivity contribution in [1.29, 1.82) is 0 Å². The SMILES string of the molecule is O=C(C[C@]1(O)C(=O)N(Cc2ccc([N+](=O)[O-])cc2)c2ccccc21)c1ccco1. The fourth-order valence-corrected chi connectivity index (χ4v) is 3.50. The monoisotopic (exact) mass is 392 g/mol. The number of hydrogen-bond acceptors (Lipinski definition) is 6. The van der Waals surface area contributed by atoms with E-state index in [0.717, 1.165) is 0 Å². The summed E-state index contributed by atoms with van der Waals surface area (Å²) in [6, 6.07) is 15.6. The summed E-state index contributed by atoms with van der Waals surface area (Å²) in [4.78, 5) is 37.4. The summed E-state index contributed by atoms with van der Waals surface area (Å²) in [6.07, 6.45) is 0.899. The lowest BCUT2D eigenvalue weighted by Gasteiger charge is -2.22. The number of furan rings is 1. The molecule has 2 aromatic carbocycles. The van der Waals surface area contributed by atoms with Gasteiger partial charge in [-0.3, -0.25) is 19.7 Å². The molecule has 1 N–H and O–H groups in total. The normalized spacial score (nSPS) is 18.0. The number of nitro groups is 1. The van der Waals surface area contributed by atoms with E-state index < -0.39 is 28.6 Å². The molecule has 3 aromatic rings. The summed E-state index contributed by atoms with van der Waals surface area (Å²) in [6.45, 7) is 0.102. The van der Waals surface area contributed by atoms with E-state index in [1.807, 2.05) is 0 Å². The van der Waals surface area contributed by atoms with Crippen LogP contribution in [-0.2, 0) is 16.9 Å². The number of hydrogen-bond donors (Lipinski definition) is 1. The second kappa shape index (κ2) is 6.99. The first kappa shape index (κ1) is 18.6. The van der Waals surface area contributed by atoms with Gasteiger partial charge in [0.05, 0.1) is 29.8 Å². The first-order valence-corrected chi connectivity index (χ1v) is 8.84. The summed E-state index contributed by atoms with van der Waals surface area (Å²) >= 11 is 0. The van der Waals surface area contributed by atoms with Crippen LogP contribution in [0.15, 0.2) is 71.3 Å². The van der Waals surface area contributed by atoms with Gasteiger partial charge in [0.2, 0.25) is 5.78 Å². The number of carbonyl (C=O) groups is 2. The fourth-order valence-electron chi connectivity index (χ4n) is 3.50. The number of fused-ring (bicyclic) bond motifs is 1. The van der Waals surface area contributed by atoms with Crippen molar-refractivity contribution >= 4 is 23.1 Å². The van der Waals surface area contributed by atoms with Gasteiger partial charge in [0.1, 0.15) is 0 Å². The zero-order valence-corrected chi connectivity index (χ0v) is 15.1. The van der Waals surface area contributed by atoms with Crippen LogP contribution >= 0.6 is 0 Å². The molecule has 8 heteroatoms. The number of non-ortho nitro benzene ring substituents is 1. The summed E-state index contributed by atoms with van der Waals surface area (Å²) in [7, 11) is 0. The lowest BCUT2D eigenvalue weighted by Crippen LogP contribution is -2.41. The molecule has 29 heavy (non-hydrogen) atoms. The van der Waals surface area contributed by atoms with E-state index in [-0.39, 0.29) is 18.0 Å². The van der Waals surface area contributed by atoms with E-state index in [9.17, 15) is 24.8 Å². The molecule has 2 heterocycles. The van der Waals surface area contributed by atoms with Crippen molar-refractivity contribution in [3.05, 3.63) is 93.9 Å². The Balaban J connectivity index is 1.65. The number of nitro benzene ring substituents is 1. The van der Waals surface area contributed by atoms with Crippen molar-refractivity contribution < 1.29 is 24.0 Å². The van der Waals surface area contributed by atoms with E-state index in [1.165, 1.54) is 29.4 Å². The largest absolute Gasteiger partial charge is 0.461 e. The second-order valence-electron chi connectivity index (χ2n) is 6.77. The van der Waals surface area contributed by atoms with Gasteiger partial charge in [-0.25, -0.2) is 0 Å². The fraction of sp³-hybridized carbons (Fsp3) is 0.143. The molecule has 8 nitrogen and oxygen atoms in total. The van der Waals surface area contributed by atoms with Crippen LogP contribution in [0.1, 0.15) is 28.1 Å². The van der Waals surface area contributed by atoms with Gasteiger partial charge in [0, 0.05) is 17.7 Å². The molecule has 4 rings (SSSR count). The highest BCUT2D eigenvalue weighted by Crippen LogP contribution is 2.43. The average Bonchev–Trinajstić information content (AvgIpc) is 3.32. The molecule has 0 aliphatic carbocycles. The number of rotatable bonds is 6. The maximum Gasteiger partial charge on any atom is 0.269 e. The minimum absolute atomic E-state index is 0.0533. The van der Waals surface area contributed by atoms with Crippen LogP contribution < -0.4 is 4.90 Å². The molecule has 1 atom stereocenters. The zero-order valence-electron chi connectivity index (χ0n) is 15.1. The van der Waals surface area contributed by atoms with Gasteiger partial charge in [-0.15, -0.1) is 0 Å². The predicted molar refractivity (Wildman–Crippen MR) is 102 cm³/mol. The van der Waals surface area contributed by atoms with Crippen molar-refractivity contribution in [3.63, 3.8) is 0 Å². The second-order valence-corrected chi connectivity index (χ2v) is 6.77. The number of amides is 1. The van der Waals surface area contributed by atoms with Crippen LogP contribution in [0.5, 0.6) is 0 Å². The molecule has 0 bridgehead atoms. The van der Waals surface area contributed by atoms with Crippen molar-refractivity contribution in [2.75, 3.05) is 4.90 Å². The molecule has 0 saturated heterocycles. The molecule has 0 fully saturated rings. The Labute approximate surface area is 165 Å². The van der Waals surface area contributed by atoms with Crippen molar-refractivity contribution in [2.45, 2.75) is 18.6 Å². The zero-order chi connectivity index (χ0) is 20.6. The Morgan fingerprint density at radius 3 is 2.48 bits per heavy atom. The Bertz CT molecular complexity index is 1090. The number of para-hydroxylation sites is 1. The molecule has 1 amide bonds. The number of Topliss-reactive ketones (excluding diaryl/α,β-unsaturated/α-hetero) is 1. The third-order valence-electron chi connectivity index (χ3n) is 4.94. The number of ketones is 1. The minimum atomic E-state index is -2.01. The van der Waals surface area contributed by atoms with Gasteiger partial charge < -0.3 is 14.4 Å². The molecule has 0 spiro atoms. The third-order valence-corrected chi connectivity index (χ3v) is 4.94. The lowest BCUT2D eigenvalue weighted by atomic mass is 9.89. The smallest absolute Gasteiger partial charge is 0.269 e. The summed E-state index contributed by atoms with van der Waals surface area (Å²) in [5, 5.41) is 22.0. The number of carbonyl (C=O) groups excluding carboxylic acids is 2. The van der Waals surface area contributed by atoms with E-state index in [1.54, 1.807) is 42.5 Å². The Hall–Kier alpha value is -3.78. The van der Waals surface area contributed by atoms with Crippen LogP contribution in [-0.4, -0.2) is 21.7 Å².